The molecule has 6 rings (SSSR count). The van der Waals surface area contributed by atoms with E-state index >= 15 is 0 Å². The van der Waals surface area contributed by atoms with E-state index in [1.807, 2.05) is 4.57 Å². The number of H-pyrrole nitrogens is 1. The summed E-state index contributed by atoms with van der Waals surface area (Å²) in [6.45, 7) is 0.375. The van der Waals surface area contributed by atoms with Crippen LogP contribution < -0.4 is 0 Å². The van der Waals surface area contributed by atoms with E-state index < -0.39 is 15.5 Å². The van der Waals surface area contributed by atoms with E-state index in [-0.39, 0.29) is 41.6 Å². The molecule has 1 fully saturated rings. The topological polar surface area (TPSA) is 102 Å². The summed E-state index contributed by atoms with van der Waals surface area (Å²) in [5.74, 6) is 0.907. The number of rotatable bonds is 5. The number of fused-ring (bicyclic) bond motifs is 3. The lowest BCUT2D eigenvalue weighted by molar-refractivity contribution is -0.0359. The maximum Gasteiger partial charge on any atom is 0.456 e. The smallest absolute Gasteiger partial charge is 0.342 e. The molecular weight excluding hydrogens is 515 g/mol. The molecule has 36 heavy (non-hydrogen) atoms. The van der Waals surface area contributed by atoms with Crippen molar-refractivity contribution >= 4 is 44.0 Å². The standard InChI is InChI=1S/C22H18F3N7O2S2/c23-22(24,25)35-30-10-6-14(13-30)32-18-16-7-11-31(36(33,34)15-4-2-1-3-5-15)20(16)28-12-17(18)29-21(32)19-26-8-9-27-19/h1-5,7-9,11-12,14H,6,10,13H2,(H,26,27). The van der Waals surface area contributed by atoms with Crippen molar-refractivity contribution in [3.8, 4) is 11.6 Å². The van der Waals surface area contributed by atoms with Crippen LogP contribution in [0, 0.1) is 0 Å². The van der Waals surface area contributed by atoms with Gasteiger partial charge in [0.05, 0.1) is 22.7 Å². The molecule has 9 nitrogen and oxygen atoms in total. The van der Waals surface area contributed by atoms with Gasteiger partial charge < -0.3 is 9.55 Å². The third-order valence-electron chi connectivity index (χ3n) is 6.06. The predicted octanol–water partition coefficient (Wildman–Crippen LogP) is 4.43. The monoisotopic (exact) mass is 533 g/mol. The van der Waals surface area contributed by atoms with Crippen LogP contribution >= 0.6 is 11.9 Å². The Morgan fingerprint density at radius 1 is 1.11 bits per heavy atom. The van der Waals surface area contributed by atoms with Gasteiger partial charge in [0.15, 0.2) is 17.3 Å². The van der Waals surface area contributed by atoms with E-state index in [0.29, 0.717) is 34.5 Å². The first kappa shape index (κ1) is 23.1. The van der Waals surface area contributed by atoms with Gasteiger partial charge >= 0.3 is 5.51 Å². The molecule has 0 amide bonds. The first-order chi connectivity index (χ1) is 17.2. The van der Waals surface area contributed by atoms with Crippen molar-refractivity contribution in [1.29, 1.82) is 0 Å². The van der Waals surface area contributed by atoms with Gasteiger partial charge in [-0.15, -0.1) is 0 Å². The molecule has 1 unspecified atom stereocenters. The summed E-state index contributed by atoms with van der Waals surface area (Å²) in [6, 6.07) is 9.32. The number of hydrogen-bond acceptors (Lipinski definition) is 7. The molecule has 5 heterocycles. The Morgan fingerprint density at radius 2 is 1.92 bits per heavy atom. The van der Waals surface area contributed by atoms with Gasteiger partial charge in [0, 0.05) is 49.0 Å². The van der Waals surface area contributed by atoms with Crippen LogP contribution in [0.1, 0.15) is 12.5 Å². The van der Waals surface area contributed by atoms with Crippen LogP contribution in [-0.4, -0.2) is 59.8 Å². The number of alkyl halides is 3. The number of benzene rings is 1. The number of aromatic nitrogens is 6. The van der Waals surface area contributed by atoms with Crippen molar-refractivity contribution in [3.63, 3.8) is 0 Å². The van der Waals surface area contributed by atoms with E-state index in [4.69, 9.17) is 0 Å². The molecule has 5 aromatic rings. The average Bonchev–Trinajstić information content (AvgIpc) is 3.62. The number of nitrogens with zero attached hydrogens (tertiary/aromatic N) is 6. The minimum Gasteiger partial charge on any atom is -0.342 e. The van der Waals surface area contributed by atoms with E-state index in [9.17, 15) is 21.6 Å². The van der Waals surface area contributed by atoms with Crippen molar-refractivity contribution in [2.75, 3.05) is 13.1 Å². The third-order valence-corrected chi connectivity index (χ3v) is 8.54. The van der Waals surface area contributed by atoms with Crippen molar-refractivity contribution in [1.82, 2.24) is 32.8 Å². The fourth-order valence-electron chi connectivity index (χ4n) is 4.61. The van der Waals surface area contributed by atoms with Crippen LogP contribution in [0.4, 0.5) is 13.2 Å². The summed E-state index contributed by atoms with van der Waals surface area (Å²) in [4.78, 5) is 16.5. The molecule has 1 saturated heterocycles. The van der Waals surface area contributed by atoms with E-state index in [1.54, 1.807) is 36.7 Å². The van der Waals surface area contributed by atoms with Gasteiger partial charge in [-0.1, -0.05) is 18.2 Å². The van der Waals surface area contributed by atoms with Crippen LogP contribution in [0.3, 0.4) is 0 Å². The highest BCUT2D eigenvalue weighted by molar-refractivity contribution is 7.97. The Hall–Kier alpha value is -3.36. The molecule has 0 bridgehead atoms. The fraction of sp³-hybridized carbons (Fsp3) is 0.227. The highest BCUT2D eigenvalue weighted by Gasteiger charge is 2.38. The van der Waals surface area contributed by atoms with Crippen molar-refractivity contribution < 1.29 is 21.6 Å². The van der Waals surface area contributed by atoms with E-state index in [0.717, 1.165) is 3.97 Å². The van der Waals surface area contributed by atoms with E-state index in [1.165, 1.54) is 28.8 Å². The molecular formula is C22H18F3N7O2S2. The Balaban J connectivity index is 1.53. The summed E-state index contributed by atoms with van der Waals surface area (Å²) in [7, 11) is -3.92. The van der Waals surface area contributed by atoms with Gasteiger partial charge in [-0.3, -0.25) is 0 Å². The minimum atomic E-state index is -4.38. The van der Waals surface area contributed by atoms with Crippen LogP contribution in [0.2, 0.25) is 0 Å². The highest BCUT2D eigenvalue weighted by Crippen LogP contribution is 2.41. The molecule has 1 aliphatic heterocycles. The molecule has 4 aromatic heterocycles. The van der Waals surface area contributed by atoms with Crippen LogP contribution in [0.5, 0.6) is 0 Å². The maximum atomic E-state index is 13.3. The second-order valence-corrected chi connectivity index (χ2v) is 11.2. The second kappa shape index (κ2) is 8.35. The maximum absolute atomic E-state index is 13.3. The third kappa shape index (κ3) is 3.85. The summed E-state index contributed by atoms with van der Waals surface area (Å²) in [5.41, 5.74) is -3.09. The fourth-order valence-corrected chi connectivity index (χ4v) is 6.67. The number of imidazole rings is 2. The number of halogens is 3. The number of nitrogens with one attached hydrogen (secondary N) is 1. The molecule has 1 atom stereocenters. The van der Waals surface area contributed by atoms with Gasteiger partial charge in [-0.05, 0) is 24.6 Å². The van der Waals surface area contributed by atoms with Crippen molar-refractivity contribution in [2.45, 2.75) is 22.9 Å². The average molecular weight is 534 g/mol. The molecule has 0 aliphatic carbocycles. The number of pyridine rings is 1. The minimum absolute atomic E-state index is 0.116. The second-order valence-electron chi connectivity index (χ2n) is 8.27. The summed E-state index contributed by atoms with van der Waals surface area (Å²) in [6.07, 6.45) is 6.57. The lowest BCUT2D eigenvalue weighted by atomic mass is 10.2. The van der Waals surface area contributed by atoms with E-state index in [2.05, 4.69) is 19.9 Å². The summed E-state index contributed by atoms with van der Waals surface area (Å²) in [5, 5.41) is 0.527. The number of hydrogen-bond donors (Lipinski definition) is 1. The van der Waals surface area contributed by atoms with Crippen LogP contribution in [0.25, 0.3) is 33.7 Å². The molecule has 0 saturated carbocycles. The first-order valence-corrected chi connectivity index (χ1v) is 13.1. The van der Waals surface area contributed by atoms with Gasteiger partial charge in [-0.25, -0.2) is 31.6 Å². The van der Waals surface area contributed by atoms with Gasteiger partial charge in [0.25, 0.3) is 10.0 Å². The largest absolute Gasteiger partial charge is 0.456 e. The predicted molar refractivity (Wildman–Crippen MR) is 129 cm³/mol. The number of aromatic amines is 1. The van der Waals surface area contributed by atoms with Crippen molar-refractivity contribution in [2.24, 2.45) is 0 Å². The highest BCUT2D eigenvalue weighted by atomic mass is 32.2. The molecule has 0 radical (unpaired) electrons. The lowest BCUT2D eigenvalue weighted by Crippen LogP contribution is -2.20. The Morgan fingerprint density at radius 3 is 2.64 bits per heavy atom. The molecule has 1 N–H and O–H groups in total. The Bertz CT molecular complexity index is 1660. The van der Waals surface area contributed by atoms with Crippen molar-refractivity contribution in [3.05, 3.63) is 61.2 Å². The molecule has 1 aromatic carbocycles. The molecule has 14 heteroatoms. The zero-order valence-electron chi connectivity index (χ0n) is 18.4. The molecule has 0 spiro atoms. The zero-order chi connectivity index (χ0) is 25.1. The van der Waals surface area contributed by atoms with Gasteiger partial charge in [0.1, 0.15) is 5.52 Å². The van der Waals surface area contributed by atoms with Crippen LogP contribution in [0.15, 0.2) is 66.1 Å². The first-order valence-electron chi connectivity index (χ1n) is 10.9. The van der Waals surface area contributed by atoms with Gasteiger partial charge in [-0.2, -0.15) is 13.2 Å². The zero-order valence-corrected chi connectivity index (χ0v) is 20.1. The molecule has 186 valence electrons. The Labute approximate surface area is 207 Å². The lowest BCUT2D eigenvalue weighted by Gasteiger charge is -2.19. The Kier molecular flexibility index (Phi) is 5.35. The quantitative estimate of drug-likeness (QED) is 0.334. The molecule has 1 aliphatic rings. The SMILES string of the molecule is O=S(=O)(c1ccccc1)n1ccc2c1ncc1nc(-c3ncc[nH]3)n(C3CCN(SC(F)(F)F)C3)c12. The van der Waals surface area contributed by atoms with Crippen LogP contribution in [-0.2, 0) is 10.0 Å². The summed E-state index contributed by atoms with van der Waals surface area (Å²) >= 11 is -0.137. The normalized spacial score (nSPS) is 17.5. The summed E-state index contributed by atoms with van der Waals surface area (Å²) < 4.78 is 69.9. The van der Waals surface area contributed by atoms with Gasteiger partial charge in [0.2, 0.25) is 0 Å².